The van der Waals surface area contributed by atoms with Gasteiger partial charge < -0.3 is 19.7 Å². The highest BCUT2D eigenvalue weighted by Gasteiger charge is 2.26. The molecule has 2 N–H and O–H groups in total. The van der Waals surface area contributed by atoms with Crippen LogP contribution in [-0.2, 0) is 9.47 Å². The first-order valence-electron chi connectivity index (χ1n) is 3.33. The minimum atomic E-state index is -0.522. The van der Waals surface area contributed by atoms with Gasteiger partial charge in [0.15, 0.2) is 0 Å². The molecule has 2 atom stereocenters. The van der Waals surface area contributed by atoms with Crippen LogP contribution in [0.15, 0.2) is 0 Å². The average Bonchev–Trinajstić information content (AvgIpc) is 2.31. The number of rotatable bonds is 3. The Kier molecular flexibility index (Phi) is 3.08. The van der Waals surface area contributed by atoms with Crippen LogP contribution in [0.25, 0.3) is 0 Å². The molecule has 2 unspecified atom stereocenters. The van der Waals surface area contributed by atoms with Gasteiger partial charge in [-0.05, 0) is 0 Å². The van der Waals surface area contributed by atoms with E-state index in [0.29, 0.717) is 13.2 Å². The lowest BCUT2D eigenvalue weighted by atomic mass is 10.3. The third-order valence-corrected chi connectivity index (χ3v) is 1.42. The number of aliphatic hydroxyl groups is 2. The van der Waals surface area contributed by atoms with Gasteiger partial charge in [-0.15, -0.1) is 0 Å². The summed E-state index contributed by atoms with van der Waals surface area (Å²) in [5.74, 6) is 0. The van der Waals surface area contributed by atoms with Gasteiger partial charge in [-0.2, -0.15) is 0 Å². The van der Waals surface area contributed by atoms with Crippen LogP contribution in [0.4, 0.5) is 0 Å². The predicted octanol–water partition coefficient (Wildman–Crippen LogP) is -1.24. The van der Waals surface area contributed by atoms with E-state index in [1.807, 2.05) is 0 Å². The molecule has 0 spiro atoms. The van der Waals surface area contributed by atoms with E-state index in [1.54, 1.807) is 0 Å². The third kappa shape index (κ3) is 1.91. The standard InChI is InChI=1S/C6H12O4/c7-1-2-10-6-4-9-3-5(6)8/h5-8H,1-4H2. The van der Waals surface area contributed by atoms with Crippen molar-refractivity contribution < 1.29 is 19.7 Å². The summed E-state index contributed by atoms with van der Waals surface area (Å²) in [6, 6.07) is 0. The van der Waals surface area contributed by atoms with Gasteiger partial charge in [-0.25, -0.2) is 0 Å². The van der Waals surface area contributed by atoms with E-state index >= 15 is 0 Å². The van der Waals surface area contributed by atoms with Crippen molar-refractivity contribution in [1.82, 2.24) is 0 Å². The van der Waals surface area contributed by atoms with Gasteiger partial charge in [-0.3, -0.25) is 0 Å². The second-order valence-corrected chi connectivity index (χ2v) is 2.24. The van der Waals surface area contributed by atoms with E-state index in [9.17, 15) is 0 Å². The Bertz CT molecular complexity index is 95.7. The Labute approximate surface area is 59.4 Å². The van der Waals surface area contributed by atoms with Gasteiger partial charge in [0, 0.05) is 0 Å². The van der Waals surface area contributed by atoms with Crippen LogP contribution in [0.2, 0.25) is 0 Å². The molecule has 4 nitrogen and oxygen atoms in total. The van der Waals surface area contributed by atoms with Crippen LogP contribution in [0.5, 0.6) is 0 Å². The molecule has 0 saturated carbocycles. The number of aliphatic hydroxyl groups excluding tert-OH is 2. The minimum Gasteiger partial charge on any atom is -0.394 e. The van der Waals surface area contributed by atoms with Crippen molar-refractivity contribution in [2.75, 3.05) is 26.4 Å². The maximum Gasteiger partial charge on any atom is 0.109 e. The Balaban J connectivity index is 2.14. The Morgan fingerprint density at radius 1 is 1.50 bits per heavy atom. The SMILES string of the molecule is OCCOC1COCC1O. The molecule has 1 saturated heterocycles. The highest BCUT2D eigenvalue weighted by atomic mass is 16.6. The summed E-state index contributed by atoms with van der Waals surface area (Å²) < 4.78 is 9.95. The quantitative estimate of drug-likeness (QED) is 0.525. The fourth-order valence-corrected chi connectivity index (χ4v) is 0.887. The van der Waals surface area contributed by atoms with Crippen molar-refractivity contribution in [2.24, 2.45) is 0 Å². The minimum absolute atomic E-state index is 0.0107. The van der Waals surface area contributed by atoms with Crippen LogP contribution in [0.3, 0.4) is 0 Å². The molecule has 0 bridgehead atoms. The lowest BCUT2D eigenvalue weighted by Crippen LogP contribution is -2.27. The lowest BCUT2D eigenvalue weighted by molar-refractivity contribution is -0.0224. The molecule has 0 aromatic carbocycles. The maximum atomic E-state index is 9.08. The maximum absolute atomic E-state index is 9.08. The van der Waals surface area contributed by atoms with Crippen molar-refractivity contribution in [3.05, 3.63) is 0 Å². The van der Waals surface area contributed by atoms with Crippen LogP contribution in [0.1, 0.15) is 0 Å². The highest BCUT2D eigenvalue weighted by Crippen LogP contribution is 2.08. The first kappa shape index (κ1) is 7.94. The molecule has 1 aliphatic rings. The summed E-state index contributed by atoms with van der Waals surface area (Å²) in [6.45, 7) is 1.03. The molecule has 0 amide bonds. The lowest BCUT2D eigenvalue weighted by Gasteiger charge is -2.11. The summed E-state index contributed by atoms with van der Waals surface area (Å²) in [6.07, 6.45) is -0.765. The molecule has 4 heteroatoms. The van der Waals surface area contributed by atoms with Crippen molar-refractivity contribution >= 4 is 0 Å². The van der Waals surface area contributed by atoms with Gasteiger partial charge in [0.1, 0.15) is 12.2 Å². The normalized spacial score (nSPS) is 33.0. The van der Waals surface area contributed by atoms with E-state index in [4.69, 9.17) is 19.7 Å². The fourth-order valence-electron chi connectivity index (χ4n) is 0.887. The Morgan fingerprint density at radius 2 is 2.30 bits per heavy atom. The van der Waals surface area contributed by atoms with Crippen LogP contribution in [-0.4, -0.2) is 48.8 Å². The second kappa shape index (κ2) is 3.88. The van der Waals surface area contributed by atoms with E-state index in [2.05, 4.69) is 0 Å². The molecule has 0 radical (unpaired) electrons. The summed E-state index contributed by atoms with van der Waals surface area (Å²) >= 11 is 0. The van der Waals surface area contributed by atoms with Gasteiger partial charge in [0.05, 0.1) is 26.4 Å². The number of ether oxygens (including phenoxy) is 2. The van der Waals surface area contributed by atoms with Gasteiger partial charge in [0.2, 0.25) is 0 Å². The van der Waals surface area contributed by atoms with Crippen molar-refractivity contribution in [3.63, 3.8) is 0 Å². The number of hydrogen-bond acceptors (Lipinski definition) is 4. The first-order chi connectivity index (χ1) is 4.84. The van der Waals surface area contributed by atoms with Gasteiger partial charge in [-0.1, -0.05) is 0 Å². The zero-order valence-corrected chi connectivity index (χ0v) is 5.69. The van der Waals surface area contributed by atoms with Crippen LogP contribution in [0, 0.1) is 0 Å². The predicted molar refractivity (Wildman–Crippen MR) is 33.7 cm³/mol. The zero-order chi connectivity index (χ0) is 7.40. The summed E-state index contributed by atoms with van der Waals surface area (Å²) in [5, 5.41) is 17.4. The van der Waals surface area contributed by atoms with E-state index in [0.717, 1.165) is 0 Å². The topological polar surface area (TPSA) is 58.9 Å². The monoisotopic (exact) mass is 148 g/mol. The molecule has 1 aliphatic heterocycles. The summed E-state index contributed by atoms with van der Waals surface area (Å²) in [4.78, 5) is 0. The Hall–Kier alpha value is -0.160. The van der Waals surface area contributed by atoms with Gasteiger partial charge in [0.25, 0.3) is 0 Å². The summed E-state index contributed by atoms with van der Waals surface area (Å²) in [5.41, 5.74) is 0. The molecular formula is C6H12O4. The van der Waals surface area contributed by atoms with E-state index in [1.165, 1.54) is 0 Å². The highest BCUT2D eigenvalue weighted by molar-refractivity contribution is 4.73. The van der Waals surface area contributed by atoms with Gasteiger partial charge >= 0.3 is 0 Å². The fraction of sp³-hybridized carbons (Fsp3) is 1.00. The largest absolute Gasteiger partial charge is 0.394 e. The van der Waals surface area contributed by atoms with Crippen LogP contribution < -0.4 is 0 Å². The molecule has 1 fully saturated rings. The molecule has 0 aliphatic carbocycles. The van der Waals surface area contributed by atoms with Crippen molar-refractivity contribution in [3.8, 4) is 0 Å². The molecule has 1 heterocycles. The molecule has 60 valence electrons. The molecular weight excluding hydrogens is 136 g/mol. The molecule has 0 aromatic heterocycles. The zero-order valence-electron chi connectivity index (χ0n) is 5.69. The second-order valence-electron chi connectivity index (χ2n) is 2.24. The molecule has 10 heavy (non-hydrogen) atoms. The van der Waals surface area contributed by atoms with Crippen LogP contribution >= 0.6 is 0 Å². The molecule has 1 rings (SSSR count). The van der Waals surface area contributed by atoms with Crippen molar-refractivity contribution in [1.29, 1.82) is 0 Å². The van der Waals surface area contributed by atoms with E-state index < -0.39 is 6.10 Å². The summed E-state index contributed by atoms with van der Waals surface area (Å²) in [7, 11) is 0. The first-order valence-corrected chi connectivity index (χ1v) is 3.33. The third-order valence-electron chi connectivity index (χ3n) is 1.42. The Morgan fingerprint density at radius 3 is 2.80 bits per heavy atom. The molecule has 0 aromatic rings. The average molecular weight is 148 g/mol. The number of hydrogen-bond donors (Lipinski definition) is 2. The van der Waals surface area contributed by atoms with E-state index in [-0.39, 0.29) is 19.3 Å². The van der Waals surface area contributed by atoms with Crippen molar-refractivity contribution in [2.45, 2.75) is 12.2 Å². The smallest absolute Gasteiger partial charge is 0.109 e.